The van der Waals surface area contributed by atoms with Crippen molar-refractivity contribution < 1.29 is 5.11 Å². The predicted molar refractivity (Wildman–Crippen MR) is 77.1 cm³/mol. The number of hydrogen-bond acceptors (Lipinski definition) is 2. The molecule has 0 radical (unpaired) electrons. The van der Waals surface area contributed by atoms with Gasteiger partial charge in [-0.25, -0.2) is 0 Å². The van der Waals surface area contributed by atoms with Crippen LogP contribution < -0.4 is 5.73 Å². The van der Waals surface area contributed by atoms with Gasteiger partial charge in [-0.15, -0.1) is 19.0 Å². The van der Waals surface area contributed by atoms with Crippen LogP contribution in [0.15, 0.2) is 33.7 Å². The first-order valence-electron chi connectivity index (χ1n) is 4.60. The molecule has 3 N–H and O–H groups in total. The highest BCUT2D eigenvalue weighted by Gasteiger charge is 2.10. The maximum Gasteiger partial charge on any atom is 0.143 e. The summed E-state index contributed by atoms with van der Waals surface area (Å²) < 4.78 is 1.31. The first-order chi connectivity index (χ1) is 7.06. The topological polar surface area (TPSA) is 46.2 Å². The van der Waals surface area contributed by atoms with Crippen LogP contribution in [0.3, 0.4) is 0 Å². The summed E-state index contributed by atoms with van der Waals surface area (Å²) in [5.74, 6) is 0.203. The van der Waals surface area contributed by atoms with Crippen molar-refractivity contribution in [3.05, 3.63) is 39.3 Å². The Morgan fingerprint density at radius 1 is 1.38 bits per heavy atom. The molecular weight excluding hydrogens is 357 g/mol. The van der Waals surface area contributed by atoms with Crippen molar-refractivity contribution in [2.24, 2.45) is 5.73 Å². The predicted octanol–water partition coefficient (Wildman–Crippen LogP) is 4.31. The fourth-order valence-corrected chi connectivity index (χ4v) is 2.49. The summed E-state index contributed by atoms with van der Waals surface area (Å²) in [7, 11) is 0. The lowest BCUT2D eigenvalue weighted by molar-refractivity contribution is 0.467. The van der Waals surface area contributed by atoms with E-state index in [1.165, 1.54) is 0 Å². The first-order valence-corrected chi connectivity index (χ1v) is 6.19. The third-order valence-electron chi connectivity index (χ3n) is 2.15. The SMILES string of the molecule is C=CCC[C@@H](N)c1cc(Br)c(O)c(Br)c1.Cl. The molecule has 0 heterocycles. The Labute approximate surface area is 119 Å². The molecule has 16 heavy (non-hydrogen) atoms. The Bertz CT molecular complexity index is 348. The van der Waals surface area contributed by atoms with Gasteiger partial charge in [-0.05, 0) is 62.4 Å². The van der Waals surface area contributed by atoms with Crippen LogP contribution in [0.4, 0.5) is 0 Å². The number of hydrogen-bond donors (Lipinski definition) is 2. The molecule has 0 unspecified atom stereocenters. The third-order valence-corrected chi connectivity index (χ3v) is 3.36. The lowest BCUT2D eigenvalue weighted by Gasteiger charge is -2.12. The van der Waals surface area contributed by atoms with Gasteiger partial charge in [-0.3, -0.25) is 0 Å². The number of aromatic hydroxyl groups is 1. The molecule has 5 heteroatoms. The molecular formula is C11H14Br2ClNO. The minimum absolute atomic E-state index is 0. The molecule has 0 amide bonds. The van der Waals surface area contributed by atoms with E-state index in [0.717, 1.165) is 18.4 Å². The van der Waals surface area contributed by atoms with E-state index in [4.69, 9.17) is 5.73 Å². The molecule has 2 nitrogen and oxygen atoms in total. The van der Waals surface area contributed by atoms with E-state index in [2.05, 4.69) is 38.4 Å². The zero-order chi connectivity index (χ0) is 11.4. The number of allylic oxidation sites excluding steroid dienone is 1. The van der Waals surface area contributed by atoms with Crippen molar-refractivity contribution in [1.29, 1.82) is 0 Å². The Hall–Kier alpha value is -0.0300. The first kappa shape index (κ1) is 16.0. The number of benzene rings is 1. The smallest absolute Gasteiger partial charge is 0.143 e. The van der Waals surface area contributed by atoms with Crippen molar-refractivity contribution in [2.75, 3.05) is 0 Å². The van der Waals surface area contributed by atoms with Crippen LogP contribution in [0.25, 0.3) is 0 Å². The van der Waals surface area contributed by atoms with Gasteiger partial charge in [-0.2, -0.15) is 0 Å². The lowest BCUT2D eigenvalue weighted by atomic mass is 10.0. The molecule has 0 aliphatic heterocycles. The molecule has 1 rings (SSSR count). The molecule has 0 bridgehead atoms. The maximum atomic E-state index is 9.54. The Kier molecular flexibility index (Phi) is 7.31. The summed E-state index contributed by atoms with van der Waals surface area (Å²) >= 11 is 6.56. The highest BCUT2D eigenvalue weighted by Crippen LogP contribution is 2.35. The molecule has 0 spiro atoms. The molecule has 0 saturated carbocycles. The second-order valence-corrected chi connectivity index (χ2v) is 5.01. The lowest BCUT2D eigenvalue weighted by Crippen LogP contribution is -2.09. The van der Waals surface area contributed by atoms with Crippen LogP contribution in [0.2, 0.25) is 0 Å². The fourth-order valence-electron chi connectivity index (χ4n) is 1.26. The van der Waals surface area contributed by atoms with E-state index in [-0.39, 0.29) is 24.2 Å². The van der Waals surface area contributed by atoms with Crippen LogP contribution in [0.5, 0.6) is 5.75 Å². The Morgan fingerprint density at radius 3 is 2.31 bits per heavy atom. The minimum atomic E-state index is -0.0313. The molecule has 0 fully saturated rings. The average molecular weight is 371 g/mol. The van der Waals surface area contributed by atoms with Gasteiger partial charge < -0.3 is 10.8 Å². The number of phenolic OH excluding ortho intramolecular Hbond substituents is 1. The Balaban J connectivity index is 0.00000225. The highest BCUT2D eigenvalue weighted by molar-refractivity contribution is 9.11. The van der Waals surface area contributed by atoms with Crippen molar-refractivity contribution in [1.82, 2.24) is 0 Å². The zero-order valence-corrected chi connectivity index (χ0v) is 12.6. The molecule has 1 aromatic carbocycles. The molecule has 0 aromatic heterocycles. The monoisotopic (exact) mass is 369 g/mol. The zero-order valence-electron chi connectivity index (χ0n) is 8.62. The van der Waals surface area contributed by atoms with Crippen molar-refractivity contribution in [3.8, 4) is 5.75 Å². The second-order valence-electron chi connectivity index (χ2n) is 3.31. The van der Waals surface area contributed by atoms with Crippen molar-refractivity contribution in [3.63, 3.8) is 0 Å². The van der Waals surface area contributed by atoms with Crippen molar-refractivity contribution in [2.45, 2.75) is 18.9 Å². The van der Waals surface area contributed by atoms with Crippen LogP contribution >= 0.6 is 44.3 Å². The summed E-state index contributed by atoms with van der Waals surface area (Å²) in [4.78, 5) is 0. The van der Waals surface area contributed by atoms with Crippen LogP contribution in [0.1, 0.15) is 24.4 Å². The van der Waals surface area contributed by atoms with Gasteiger partial charge in [0.25, 0.3) is 0 Å². The minimum Gasteiger partial charge on any atom is -0.506 e. The van der Waals surface area contributed by atoms with E-state index < -0.39 is 0 Å². The number of rotatable bonds is 4. The van der Waals surface area contributed by atoms with Gasteiger partial charge in [0.2, 0.25) is 0 Å². The van der Waals surface area contributed by atoms with E-state index >= 15 is 0 Å². The highest BCUT2D eigenvalue weighted by atomic mass is 79.9. The van der Waals surface area contributed by atoms with E-state index in [0.29, 0.717) is 8.95 Å². The second kappa shape index (κ2) is 7.33. The summed E-state index contributed by atoms with van der Waals surface area (Å²) in [6.45, 7) is 3.66. The molecule has 1 aromatic rings. The van der Waals surface area contributed by atoms with Crippen molar-refractivity contribution >= 4 is 44.3 Å². The van der Waals surface area contributed by atoms with E-state index in [1.807, 2.05) is 18.2 Å². The van der Waals surface area contributed by atoms with E-state index in [1.54, 1.807) is 0 Å². The quantitative estimate of drug-likeness (QED) is 0.775. The molecule has 0 aliphatic carbocycles. The van der Waals surface area contributed by atoms with Crippen LogP contribution in [-0.4, -0.2) is 5.11 Å². The molecule has 0 saturated heterocycles. The third kappa shape index (κ3) is 4.09. The number of halogens is 3. The summed E-state index contributed by atoms with van der Waals surface area (Å²) in [5, 5.41) is 9.54. The number of phenols is 1. The van der Waals surface area contributed by atoms with Crippen LogP contribution in [-0.2, 0) is 0 Å². The van der Waals surface area contributed by atoms with Gasteiger partial charge in [0.15, 0.2) is 0 Å². The summed E-state index contributed by atoms with van der Waals surface area (Å²) in [6, 6.07) is 3.65. The summed E-state index contributed by atoms with van der Waals surface area (Å²) in [6.07, 6.45) is 3.59. The number of nitrogens with two attached hydrogens (primary N) is 1. The average Bonchev–Trinajstić information content (AvgIpc) is 2.21. The maximum absolute atomic E-state index is 9.54. The van der Waals surface area contributed by atoms with Gasteiger partial charge in [0, 0.05) is 6.04 Å². The molecule has 90 valence electrons. The summed E-state index contributed by atoms with van der Waals surface area (Å²) in [5.41, 5.74) is 6.99. The standard InChI is InChI=1S/C11H13Br2NO.ClH/c1-2-3-4-10(14)7-5-8(12)11(15)9(13)6-7;/h2,5-6,10,15H,1,3-4,14H2;1H/t10-;/m1./s1. The fraction of sp³-hybridized carbons (Fsp3) is 0.273. The van der Waals surface area contributed by atoms with Crippen LogP contribution in [0, 0.1) is 0 Å². The van der Waals surface area contributed by atoms with Gasteiger partial charge in [0.05, 0.1) is 8.95 Å². The van der Waals surface area contributed by atoms with E-state index in [9.17, 15) is 5.11 Å². The van der Waals surface area contributed by atoms with Gasteiger partial charge in [0.1, 0.15) is 5.75 Å². The molecule has 0 aliphatic rings. The van der Waals surface area contributed by atoms with Gasteiger partial charge in [-0.1, -0.05) is 6.08 Å². The van der Waals surface area contributed by atoms with Gasteiger partial charge >= 0.3 is 0 Å². The Morgan fingerprint density at radius 2 is 1.88 bits per heavy atom. The largest absolute Gasteiger partial charge is 0.506 e. The normalized spacial score (nSPS) is 11.7. The molecule has 1 atom stereocenters.